The molecule has 1 aliphatic heterocycles. The highest BCUT2D eigenvalue weighted by molar-refractivity contribution is 5.43. The molecule has 2 rings (SSSR count). The molecule has 2 N–H and O–H groups in total. The molecule has 1 unspecified atom stereocenters. The average Bonchev–Trinajstić information content (AvgIpc) is 2.41. The van der Waals surface area contributed by atoms with Gasteiger partial charge in [0.05, 0.1) is 0 Å². The quantitative estimate of drug-likeness (QED) is 0.550. The van der Waals surface area contributed by atoms with Crippen LogP contribution in [0.1, 0.15) is 11.9 Å². The topological polar surface area (TPSA) is 62.8 Å². The summed E-state index contributed by atoms with van der Waals surface area (Å²) in [5.41, 5.74) is 0. The number of aliphatic hydroxyl groups excluding tert-OH is 1. The van der Waals surface area contributed by atoms with Gasteiger partial charge in [0, 0.05) is 0 Å². The molecule has 0 aliphatic carbocycles. The maximum absolute atomic E-state index is 9.06. The van der Waals surface area contributed by atoms with Crippen molar-refractivity contribution in [1.29, 1.82) is 0 Å². The molecule has 0 amide bonds. The van der Waals surface area contributed by atoms with E-state index >= 15 is 0 Å². The standard InChI is InChI=1S/C6H6O4/c7-3-1-9-6-4(8)2-10-5(3)6/h1,4,7-8H,2H2. The zero-order valence-corrected chi connectivity index (χ0v) is 5.07. The van der Waals surface area contributed by atoms with E-state index in [4.69, 9.17) is 19.4 Å². The number of hydrogen-bond donors (Lipinski definition) is 2. The summed E-state index contributed by atoms with van der Waals surface area (Å²) >= 11 is 0. The smallest absolute Gasteiger partial charge is 0.205 e. The van der Waals surface area contributed by atoms with Crippen LogP contribution in [0.3, 0.4) is 0 Å². The van der Waals surface area contributed by atoms with Crippen LogP contribution >= 0.6 is 0 Å². The first-order valence-corrected chi connectivity index (χ1v) is 2.90. The third kappa shape index (κ3) is 0.537. The predicted molar refractivity (Wildman–Crippen MR) is 30.8 cm³/mol. The van der Waals surface area contributed by atoms with Crippen molar-refractivity contribution in [2.24, 2.45) is 0 Å². The van der Waals surface area contributed by atoms with Crippen molar-refractivity contribution in [3.8, 4) is 11.5 Å². The molecule has 2 heterocycles. The third-order valence-electron chi connectivity index (χ3n) is 1.44. The maximum atomic E-state index is 9.06. The zero-order valence-electron chi connectivity index (χ0n) is 5.07. The predicted octanol–water partition coefficient (Wildman–Crippen LogP) is 0.411. The highest BCUT2D eigenvalue weighted by Crippen LogP contribution is 2.40. The Kier molecular flexibility index (Phi) is 0.935. The van der Waals surface area contributed by atoms with Crippen molar-refractivity contribution in [2.75, 3.05) is 6.61 Å². The molecule has 0 fully saturated rings. The Labute approximate surface area is 56.7 Å². The number of aromatic hydroxyl groups is 1. The average molecular weight is 142 g/mol. The van der Waals surface area contributed by atoms with Crippen LogP contribution in [-0.4, -0.2) is 16.8 Å². The fraction of sp³-hybridized carbons (Fsp3) is 0.333. The van der Waals surface area contributed by atoms with Crippen LogP contribution in [0.15, 0.2) is 10.7 Å². The van der Waals surface area contributed by atoms with E-state index in [0.717, 1.165) is 6.26 Å². The van der Waals surface area contributed by atoms with E-state index in [1.165, 1.54) is 0 Å². The van der Waals surface area contributed by atoms with E-state index in [1.807, 2.05) is 0 Å². The van der Waals surface area contributed by atoms with Gasteiger partial charge < -0.3 is 19.4 Å². The summed E-state index contributed by atoms with van der Waals surface area (Å²) in [6, 6.07) is 0. The van der Waals surface area contributed by atoms with Gasteiger partial charge in [-0.3, -0.25) is 0 Å². The highest BCUT2D eigenvalue weighted by atomic mass is 16.5. The second-order valence-corrected chi connectivity index (χ2v) is 2.14. The summed E-state index contributed by atoms with van der Waals surface area (Å²) in [5.74, 6) is 0.538. The van der Waals surface area contributed by atoms with Gasteiger partial charge in [0.2, 0.25) is 5.75 Å². The minimum Gasteiger partial charge on any atom is -0.502 e. The Hall–Kier alpha value is -1.16. The fourth-order valence-corrected chi connectivity index (χ4v) is 0.965. The fourth-order valence-electron chi connectivity index (χ4n) is 0.965. The molecule has 1 aromatic rings. The molecule has 1 aromatic heterocycles. The van der Waals surface area contributed by atoms with Gasteiger partial charge in [-0.05, 0) is 0 Å². The number of fused-ring (bicyclic) bond motifs is 1. The summed E-state index contributed by atoms with van der Waals surface area (Å²) < 4.78 is 9.68. The maximum Gasteiger partial charge on any atom is 0.205 e. The van der Waals surface area contributed by atoms with E-state index < -0.39 is 6.10 Å². The van der Waals surface area contributed by atoms with Crippen LogP contribution < -0.4 is 4.74 Å². The van der Waals surface area contributed by atoms with Crippen LogP contribution in [0.5, 0.6) is 11.5 Å². The normalized spacial score (nSPS) is 22.3. The minimum absolute atomic E-state index is 0.0495. The van der Waals surface area contributed by atoms with Gasteiger partial charge in [0.25, 0.3) is 0 Å². The molecular weight excluding hydrogens is 136 g/mol. The Morgan fingerprint density at radius 3 is 3.10 bits per heavy atom. The lowest BCUT2D eigenvalue weighted by atomic mass is 10.3. The van der Waals surface area contributed by atoms with Crippen molar-refractivity contribution in [3.63, 3.8) is 0 Å². The van der Waals surface area contributed by atoms with E-state index in [-0.39, 0.29) is 18.1 Å². The summed E-state index contributed by atoms with van der Waals surface area (Å²) in [6.07, 6.45) is 0.420. The van der Waals surface area contributed by atoms with Crippen LogP contribution in [0, 0.1) is 0 Å². The summed E-state index contributed by atoms with van der Waals surface area (Å²) in [7, 11) is 0. The van der Waals surface area contributed by atoms with E-state index in [1.54, 1.807) is 0 Å². The van der Waals surface area contributed by atoms with Crippen LogP contribution in [0.2, 0.25) is 0 Å². The van der Waals surface area contributed by atoms with Crippen molar-refractivity contribution in [3.05, 3.63) is 12.0 Å². The highest BCUT2D eigenvalue weighted by Gasteiger charge is 2.28. The number of ether oxygens (including phenoxy) is 1. The van der Waals surface area contributed by atoms with Gasteiger partial charge in [-0.1, -0.05) is 0 Å². The largest absolute Gasteiger partial charge is 0.502 e. The Bertz CT molecular complexity index is 252. The first-order chi connectivity index (χ1) is 4.79. The first kappa shape index (κ1) is 5.61. The molecule has 0 saturated carbocycles. The lowest BCUT2D eigenvalue weighted by Crippen LogP contribution is -1.97. The van der Waals surface area contributed by atoms with Gasteiger partial charge in [0.15, 0.2) is 11.5 Å². The van der Waals surface area contributed by atoms with Crippen LogP contribution in [-0.2, 0) is 0 Å². The molecule has 0 radical (unpaired) electrons. The molecule has 1 atom stereocenters. The van der Waals surface area contributed by atoms with Gasteiger partial charge >= 0.3 is 0 Å². The minimum atomic E-state index is -0.726. The lowest BCUT2D eigenvalue weighted by Gasteiger charge is -1.93. The van der Waals surface area contributed by atoms with Crippen molar-refractivity contribution >= 4 is 0 Å². The Morgan fingerprint density at radius 2 is 2.40 bits per heavy atom. The number of hydrogen-bond acceptors (Lipinski definition) is 4. The molecule has 1 aliphatic rings. The molecule has 4 heteroatoms. The molecule has 0 saturated heterocycles. The molecule has 10 heavy (non-hydrogen) atoms. The van der Waals surface area contributed by atoms with E-state index in [0.29, 0.717) is 5.76 Å². The van der Waals surface area contributed by atoms with Crippen molar-refractivity contribution in [2.45, 2.75) is 6.10 Å². The zero-order chi connectivity index (χ0) is 7.14. The Morgan fingerprint density at radius 1 is 1.60 bits per heavy atom. The second kappa shape index (κ2) is 1.67. The van der Waals surface area contributed by atoms with E-state index in [9.17, 15) is 0 Å². The van der Waals surface area contributed by atoms with Crippen molar-refractivity contribution in [1.82, 2.24) is 0 Å². The summed E-state index contributed by atoms with van der Waals surface area (Å²) in [5, 5.41) is 18.0. The van der Waals surface area contributed by atoms with Gasteiger partial charge in [0.1, 0.15) is 19.0 Å². The Balaban J connectivity index is 2.53. The SMILES string of the molecule is Oc1coc2c1OCC2O. The van der Waals surface area contributed by atoms with Crippen molar-refractivity contribution < 1.29 is 19.4 Å². The van der Waals surface area contributed by atoms with Gasteiger partial charge in [-0.25, -0.2) is 0 Å². The molecule has 54 valence electrons. The number of furan rings is 1. The molecule has 0 bridgehead atoms. The lowest BCUT2D eigenvalue weighted by molar-refractivity contribution is 0.122. The van der Waals surface area contributed by atoms with Gasteiger partial charge in [-0.15, -0.1) is 0 Å². The first-order valence-electron chi connectivity index (χ1n) is 2.90. The number of aliphatic hydroxyl groups is 1. The molecule has 0 spiro atoms. The molecule has 4 nitrogen and oxygen atoms in total. The summed E-state index contributed by atoms with van der Waals surface area (Å²) in [6.45, 7) is 0.169. The molecule has 0 aromatic carbocycles. The molecular formula is C6H6O4. The van der Waals surface area contributed by atoms with Crippen LogP contribution in [0.25, 0.3) is 0 Å². The van der Waals surface area contributed by atoms with Crippen LogP contribution in [0.4, 0.5) is 0 Å². The summed E-state index contributed by atoms with van der Waals surface area (Å²) in [4.78, 5) is 0. The monoisotopic (exact) mass is 142 g/mol. The third-order valence-corrected chi connectivity index (χ3v) is 1.44. The second-order valence-electron chi connectivity index (χ2n) is 2.14. The number of rotatable bonds is 0. The van der Waals surface area contributed by atoms with E-state index in [2.05, 4.69) is 0 Å². The van der Waals surface area contributed by atoms with Gasteiger partial charge in [-0.2, -0.15) is 0 Å².